The number of benzene rings is 8. The summed E-state index contributed by atoms with van der Waals surface area (Å²) in [4.78, 5) is 0. The molecule has 0 N–H and O–H groups in total. The van der Waals surface area contributed by atoms with Gasteiger partial charge in [-0.1, -0.05) is 115 Å². The minimum absolute atomic E-state index is 0.350. The molecule has 2 heteroatoms. The standard InChI is InChI=1S/C48H27NS/c49-28-29-13-21-46-40(23-29)41-26-33(19-22-47(41)50-46)31-16-14-30-15-17-32(25-35(30)24-31)34-18-20-39-38-9-3-6-12-44(38)48(45(39)27-34)42-10-4-1-7-36(42)37-8-2-5-11-43(37)48/h1-27H. The molecule has 0 aliphatic heterocycles. The van der Waals surface area contributed by atoms with Gasteiger partial charge in [-0.3, -0.25) is 0 Å². The number of hydrogen-bond donors (Lipinski definition) is 0. The van der Waals surface area contributed by atoms with Gasteiger partial charge in [0.15, 0.2) is 0 Å². The van der Waals surface area contributed by atoms with Crippen molar-refractivity contribution in [1.82, 2.24) is 0 Å². The SMILES string of the molecule is N#Cc1ccc2sc3ccc(-c4ccc5ccc(-c6ccc7c(c6)C6(c8ccccc8-c8ccccc86)c6ccccc6-7)cc5c4)cc3c2c1. The summed E-state index contributed by atoms with van der Waals surface area (Å²) >= 11 is 1.78. The second kappa shape index (κ2) is 10.1. The van der Waals surface area contributed by atoms with Gasteiger partial charge in [-0.05, 0) is 126 Å². The number of nitriles is 1. The minimum Gasteiger partial charge on any atom is -0.192 e. The average Bonchev–Trinajstić information content (AvgIpc) is 3.80. The van der Waals surface area contributed by atoms with Crippen LogP contribution < -0.4 is 0 Å². The molecule has 0 saturated heterocycles. The highest BCUT2D eigenvalue weighted by Gasteiger charge is 2.51. The molecule has 0 saturated carbocycles. The van der Waals surface area contributed by atoms with E-state index in [0.717, 1.165) is 5.39 Å². The van der Waals surface area contributed by atoms with E-state index in [1.807, 2.05) is 12.1 Å². The quantitative estimate of drug-likeness (QED) is 0.183. The Labute approximate surface area is 294 Å². The maximum Gasteiger partial charge on any atom is 0.0991 e. The van der Waals surface area contributed by atoms with Gasteiger partial charge < -0.3 is 0 Å². The van der Waals surface area contributed by atoms with E-state index in [1.165, 1.54) is 92.3 Å². The Kier molecular flexibility index (Phi) is 5.60. The van der Waals surface area contributed by atoms with Gasteiger partial charge in [0.1, 0.15) is 0 Å². The molecule has 230 valence electrons. The van der Waals surface area contributed by atoms with E-state index in [0.29, 0.717) is 5.56 Å². The van der Waals surface area contributed by atoms with Crippen LogP contribution in [-0.2, 0) is 5.41 Å². The lowest BCUT2D eigenvalue weighted by atomic mass is 9.70. The van der Waals surface area contributed by atoms with Gasteiger partial charge in [0.05, 0.1) is 17.0 Å². The third-order valence-electron chi connectivity index (χ3n) is 11.1. The van der Waals surface area contributed by atoms with Crippen LogP contribution >= 0.6 is 11.3 Å². The fraction of sp³-hybridized carbons (Fsp3) is 0.0208. The van der Waals surface area contributed by atoms with Gasteiger partial charge in [-0.15, -0.1) is 11.3 Å². The lowest BCUT2D eigenvalue weighted by Gasteiger charge is -2.30. The summed E-state index contributed by atoms with van der Waals surface area (Å²) in [6, 6.07) is 62.8. The zero-order chi connectivity index (χ0) is 33.0. The first kappa shape index (κ1) is 27.7. The Morgan fingerprint density at radius 3 is 1.50 bits per heavy atom. The van der Waals surface area contributed by atoms with Crippen molar-refractivity contribution in [3.63, 3.8) is 0 Å². The van der Waals surface area contributed by atoms with E-state index in [-0.39, 0.29) is 5.41 Å². The van der Waals surface area contributed by atoms with Crippen LogP contribution in [0.2, 0.25) is 0 Å². The molecular weight excluding hydrogens is 623 g/mol. The van der Waals surface area contributed by atoms with Crippen LogP contribution in [-0.4, -0.2) is 0 Å². The van der Waals surface area contributed by atoms with Crippen molar-refractivity contribution in [3.05, 3.63) is 192 Å². The number of nitrogens with zero attached hydrogens (tertiary/aromatic N) is 1. The summed E-state index contributed by atoms with van der Waals surface area (Å²) < 4.78 is 2.45. The van der Waals surface area contributed by atoms with Crippen LogP contribution in [0.5, 0.6) is 0 Å². The van der Waals surface area contributed by atoms with Crippen LogP contribution in [0.3, 0.4) is 0 Å². The number of fused-ring (bicyclic) bond motifs is 14. The molecule has 8 aromatic carbocycles. The molecule has 0 fully saturated rings. The summed E-state index contributed by atoms with van der Waals surface area (Å²) in [6.07, 6.45) is 0. The molecule has 0 amide bonds. The fourth-order valence-electron chi connectivity index (χ4n) is 8.91. The Bertz CT molecular complexity index is 2890. The first-order valence-corrected chi connectivity index (χ1v) is 17.9. The zero-order valence-electron chi connectivity index (χ0n) is 26.9. The van der Waals surface area contributed by atoms with E-state index >= 15 is 0 Å². The second-order valence-corrected chi connectivity index (χ2v) is 14.6. The molecule has 0 atom stereocenters. The van der Waals surface area contributed by atoms with E-state index in [4.69, 9.17) is 0 Å². The third-order valence-corrected chi connectivity index (χ3v) is 12.3. The minimum atomic E-state index is -0.350. The molecule has 1 spiro atoms. The smallest absolute Gasteiger partial charge is 0.0991 e. The van der Waals surface area contributed by atoms with E-state index in [2.05, 4.69) is 158 Å². The fourth-order valence-corrected chi connectivity index (χ4v) is 9.97. The highest BCUT2D eigenvalue weighted by Crippen LogP contribution is 2.63. The number of hydrogen-bond acceptors (Lipinski definition) is 2. The van der Waals surface area contributed by atoms with Gasteiger partial charge >= 0.3 is 0 Å². The summed E-state index contributed by atoms with van der Waals surface area (Å²) in [5.41, 5.74) is 15.9. The van der Waals surface area contributed by atoms with E-state index in [1.54, 1.807) is 11.3 Å². The van der Waals surface area contributed by atoms with Crippen molar-refractivity contribution in [3.8, 4) is 50.6 Å². The second-order valence-electron chi connectivity index (χ2n) is 13.6. The number of rotatable bonds is 2. The monoisotopic (exact) mass is 649 g/mol. The van der Waals surface area contributed by atoms with Crippen LogP contribution in [0.15, 0.2) is 164 Å². The van der Waals surface area contributed by atoms with Gasteiger partial charge in [0.2, 0.25) is 0 Å². The van der Waals surface area contributed by atoms with Crippen molar-refractivity contribution in [2.45, 2.75) is 5.41 Å². The van der Waals surface area contributed by atoms with Gasteiger partial charge in [-0.25, -0.2) is 0 Å². The Morgan fingerprint density at radius 2 is 0.880 bits per heavy atom. The van der Waals surface area contributed by atoms with Crippen LogP contribution in [0.1, 0.15) is 27.8 Å². The van der Waals surface area contributed by atoms with Gasteiger partial charge in [-0.2, -0.15) is 5.26 Å². The predicted octanol–water partition coefficient (Wildman–Crippen LogP) is 12.8. The van der Waals surface area contributed by atoms with Gasteiger partial charge in [0.25, 0.3) is 0 Å². The summed E-state index contributed by atoms with van der Waals surface area (Å²) in [6.45, 7) is 0. The number of thiophene rings is 1. The van der Waals surface area contributed by atoms with E-state index in [9.17, 15) is 5.26 Å². The molecule has 1 nitrogen and oxygen atoms in total. The van der Waals surface area contributed by atoms with Crippen molar-refractivity contribution >= 4 is 42.3 Å². The highest BCUT2D eigenvalue weighted by atomic mass is 32.1. The van der Waals surface area contributed by atoms with Crippen molar-refractivity contribution in [1.29, 1.82) is 5.26 Å². The third kappa shape index (κ3) is 3.65. The molecule has 9 aromatic rings. The Morgan fingerprint density at radius 1 is 0.400 bits per heavy atom. The lowest BCUT2D eigenvalue weighted by molar-refractivity contribution is 0.794. The molecule has 50 heavy (non-hydrogen) atoms. The van der Waals surface area contributed by atoms with E-state index < -0.39 is 0 Å². The Balaban J connectivity index is 1.07. The molecule has 0 unspecified atom stereocenters. The molecule has 1 aromatic heterocycles. The Hall–Kier alpha value is -6.27. The molecule has 0 radical (unpaired) electrons. The topological polar surface area (TPSA) is 23.8 Å². The van der Waals surface area contributed by atoms with Gasteiger partial charge in [0, 0.05) is 20.2 Å². The molecule has 11 rings (SSSR count). The predicted molar refractivity (Wildman–Crippen MR) is 209 cm³/mol. The maximum atomic E-state index is 9.52. The largest absolute Gasteiger partial charge is 0.192 e. The normalized spacial score (nSPS) is 13.3. The molecular formula is C48H27NS. The van der Waals surface area contributed by atoms with Crippen LogP contribution in [0, 0.1) is 11.3 Å². The van der Waals surface area contributed by atoms with Crippen LogP contribution in [0.4, 0.5) is 0 Å². The molecule has 2 aliphatic carbocycles. The van der Waals surface area contributed by atoms with Crippen molar-refractivity contribution in [2.24, 2.45) is 0 Å². The first-order chi connectivity index (χ1) is 24.7. The molecule has 0 bridgehead atoms. The summed E-state index contributed by atoms with van der Waals surface area (Å²) in [5.74, 6) is 0. The first-order valence-electron chi connectivity index (χ1n) is 17.1. The molecule has 2 aliphatic rings. The lowest BCUT2D eigenvalue weighted by Crippen LogP contribution is -2.25. The average molecular weight is 650 g/mol. The summed E-state index contributed by atoms with van der Waals surface area (Å²) in [5, 5.41) is 14.3. The van der Waals surface area contributed by atoms with Crippen LogP contribution in [0.25, 0.3) is 75.5 Å². The van der Waals surface area contributed by atoms with Crippen molar-refractivity contribution < 1.29 is 0 Å². The highest BCUT2D eigenvalue weighted by molar-refractivity contribution is 7.25. The molecule has 1 heterocycles. The summed E-state index contributed by atoms with van der Waals surface area (Å²) in [7, 11) is 0. The maximum absolute atomic E-state index is 9.52. The van der Waals surface area contributed by atoms with Crippen molar-refractivity contribution in [2.75, 3.05) is 0 Å². The zero-order valence-corrected chi connectivity index (χ0v) is 27.8.